The maximum atomic E-state index is 5.92. The third-order valence-electron chi connectivity index (χ3n) is 3.57. The molecule has 0 N–H and O–H groups in total. The lowest BCUT2D eigenvalue weighted by molar-refractivity contribution is 0.0479. The van der Waals surface area contributed by atoms with E-state index in [0.717, 1.165) is 11.8 Å². The molecule has 1 aliphatic heterocycles. The van der Waals surface area contributed by atoms with Crippen LogP contribution in [0.15, 0.2) is 24.3 Å². The summed E-state index contributed by atoms with van der Waals surface area (Å²) in [4.78, 5) is 0. The minimum atomic E-state index is 0.452. The molecule has 94 valence electrons. The number of alkyl halides is 1. The van der Waals surface area contributed by atoms with Crippen LogP contribution in [0, 0.1) is 6.92 Å². The van der Waals surface area contributed by atoms with E-state index in [9.17, 15) is 0 Å². The Kier molecular flexibility index (Phi) is 4.63. The lowest BCUT2D eigenvalue weighted by Gasteiger charge is -2.19. The number of aryl methyl sites for hydroxylation is 1. The monoisotopic (exact) mass is 296 g/mol. The van der Waals surface area contributed by atoms with Gasteiger partial charge < -0.3 is 4.74 Å². The first kappa shape index (κ1) is 13.1. The molecule has 1 aromatic carbocycles. The van der Waals surface area contributed by atoms with E-state index in [2.05, 4.69) is 54.0 Å². The Labute approximate surface area is 113 Å². The fourth-order valence-corrected chi connectivity index (χ4v) is 3.23. The minimum absolute atomic E-state index is 0.452. The van der Waals surface area contributed by atoms with Crippen LogP contribution < -0.4 is 0 Å². The molecule has 3 atom stereocenters. The Morgan fingerprint density at radius 1 is 1.41 bits per heavy atom. The van der Waals surface area contributed by atoms with Crippen LogP contribution in [0.25, 0.3) is 0 Å². The minimum Gasteiger partial charge on any atom is -0.375 e. The Balaban J connectivity index is 2.01. The fraction of sp³-hybridized carbons (Fsp3) is 0.600. The number of hydrogen-bond donors (Lipinski definition) is 0. The van der Waals surface area contributed by atoms with Crippen molar-refractivity contribution in [2.24, 2.45) is 0 Å². The number of hydrogen-bond acceptors (Lipinski definition) is 1. The molecule has 17 heavy (non-hydrogen) atoms. The Bertz CT molecular complexity index is 364. The summed E-state index contributed by atoms with van der Waals surface area (Å²) < 4.78 is 5.92. The zero-order chi connectivity index (χ0) is 12.3. The summed E-state index contributed by atoms with van der Waals surface area (Å²) in [6.45, 7) is 4.33. The van der Waals surface area contributed by atoms with E-state index in [1.54, 1.807) is 0 Å². The number of rotatable bonds is 4. The van der Waals surface area contributed by atoms with Crippen LogP contribution in [0.1, 0.15) is 43.2 Å². The molecule has 0 bridgehead atoms. The van der Waals surface area contributed by atoms with Crippen LogP contribution in [0.2, 0.25) is 0 Å². The summed E-state index contributed by atoms with van der Waals surface area (Å²) in [5, 5.41) is 1.02. The maximum absolute atomic E-state index is 5.92. The molecule has 1 heterocycles. The van der Waals surface area contributed by atoms with Gasteiger partial charge in [-0.25, -0.2) is 0 Å². The fourth-order valence-electron chi connectivity index (χ4n) is 2.59. The van der Waals surface area contributed by atoms with E-state index in [0.29, 0.717) is 18.1 Å². The summed E-state index contributed by atoms with van der Waals surface area (Å²) in [6.07, 6.45) is 4.48. The third kappa shape index (κ3) is 3.56. The van der Waals surface area contributed by atoms with Crippen LogP contribution in [0.3, 0.4) is 0 Å². The second-order valence-corrected chi connectivity index (χ2v) is 5.79. The number of ether oxygens (including phenoxy) is 1. The highest BCUT2D eigenvalue weighted by Gasteiger charge is 2.25. The van der Waals surface area contributed by atoms with E-state index in [-0.39, 0.29) is 0 Å². The van der Waals surface area contributed by atoms with Gasteiger partial charge in [-0.05, 0) is 44.6 Å². The van der Waals surface area contributed by atoms with Gasteiger partial charge in [0.25, 0.3) is 0 Å². The summed E-state index contributed by atoms with van der Waals surface area (Å²) in [6, 6.07) is 8.84. The van der Waals surface area contributed by atoms with Crippen molar-refractivity contribution in [1.29, 1.82) is 0 Å². The van der Waals surface area contributed by atoms with Crippen molar-refractivity contribution in [3.8, 4) is 0 Å². The van der Waals surface area contributed by atoms with Crippen molar-refractivity contribution in [2.45, 2.75) is 51.2 Å². The summed E-state index contributed by atoms with van der Waals surface area (Å²) in [5.74, 6) is 0.574. The molecule has 0 amide bonds. The molecule has 3 unspecified atom stereocenters. The largest absolute Gasteiger partial charge is 0.375 e. The number of benzene rings is 1. The average Bonchev–Trinajstić information content (AvgIpc) is 2.72. The van der Waals surface area contributed by atoms with Crippen LogP contribution in [-0.2, 0) is 4.74 Å². The van der Waals surface area contributed by atoms with Crippen molar-refractivity contribution in [3.63, 3.8) is 0 Å². The molecule has 1 fully saturated rings. The molecule has 0 aliphatic carbocycles. The summed E-state index contributed by atoms with van der Waals surface area (Å²) >= 11 is 3.64. The van der Waals surface area contributed by atoms with Crippen molar-refractivity contribution >= 4 is 15.9 Å². The highest BCUT2D eigenvalue weighted by molar-refractivity contribution is 9.09. The molecule has 0 spiro atoms. The molecule has 1 nitrogen and oxygen atoms in total. The van der Waals surface area contributed by atoms with E-state index < -0.39 is 0 Å². The normalized spacial score (nSPS) is 26.1. The van der Waals surface area contributed by atoms with Crippen LogP contribution >= 0.6 is 15.9 Å². The third-order valence-corrected chi connectivity index (χ3v) is 4.35. The molecule has 2 heteroatoms. The molecule has 1 aromatic rings. The Morgan fingerprint density at radius 2 is 2.24 bits per heavy atom. The van der Waals surface area contributed by atoms with Gasteiger partial charge in [0.1, 0.15) is 0 Å². The zero-order valence-electron chi connectivity index (χ0n) is 10.7. The topological polar surface area (TPSA) is 9.23 Å². The molecule has 2 rings (SSSR count). The highest BCUT2D eigenvalue weighted by Crippen LogP contribution is 2.30. The molecule has 1 saturated heterocycles. The van der Waals surface area contributed by atoms with Crippen LogP contribution in [0.5, 0.6) is 0 Å². The second kappa shape index (κ2) is 6.01. The van der Waals surface area contributed by atoms with E-state index in [1.807, 2.05) is 0 Å². The van der Waals surface area contributed by atoms with Crippen molar-refractivity contribution in [1.82, 2.24) is 0 Å². The van der Waals surface area contributed by atoms with Gasteiger partial charge in [-0.2, -0.15) is 0 Å². The van der Waals surface area contributed by atoms with Gasteiger partial charge in [-0.3, -0.25) is 0 Å². The molecule has 0 radical (unpaired) electrons. The van der Waals surface area contributed by atoms with Gasteiger partial charge in [-0.1, -0.05) is 45.8 Å². The maximum Gasteiger partial charge on any atom is 0.0585 e. The van der Waals surface area contributed by atoms with Gasteiger partial charge >= 0.3 is 0 Å². The summed E-state index contributed by atoms with van der Waals surface area (Å²) in [7, 11) is 0. The van der Waals surface area contributed by atoms with E-state index >= 15 is 0 Å². The molecule has 0 aromatic heterocycles. The first-order valence-corrected chi connectivity index (χ1v) is 7.59. The van der Waals surface area contributed by atoms with Gasteiger partial charge in [-0.15, -0.1) is 0 Å². The molecule has 0 saturated carbocycles. The molecular weight excluding hydrogens is 276 g/mol. The predicted molar refractivity (Wildman–Crippen MR) is 75.9 cm³/mol. The van der Waals surface area contributed by atoms with E-state index in [4.69, 9.17) is 4.74 Å². The van der Waals surface area contributed by atoms with Gasteiger partial charge in [0.15, 0.2) is 0 Å². The zero-order valence-corrected chi connectivity index (χ0v) is 12.2. The number of halogens is 1. The van der Waals surface area contributed by atoms with Crippen molar-refractivity contribution < 1.29 is 4.74 Å². The standard InChI is InChI=1S/C15H21BrO/c1-11-4-3-5-13(8-11)14(10-16)9-15-7-6-12(2)17-15/h3-5,8,12,14-15H,6-7,9-10H2,1-2H3. The highest BCUT2D eigenvalue weighted by atomic mass is 79.9. The van der Waals surface area contributed by atoms with Gasteiger partial charge in [0.2, 0.25) is 0 Å². The smallest absolute Gasteiger partial charge is 0.0585 e. The van der Waals surface area contributed by atoms with Crippen LogP contribution in [0.4, 0.5) is 0 Å². The molecular formula is C15H21BrO. The lowest BCUT2D eigenvalue weighted by Crippen LogP contribution is -2.14. The Hall–Kier alpha value is -0.340. The van der Waals surface area contributed by atoms with Gasteiger partial charge in [0, 0.05) is 5.33 Å². The first-order chi connectivity index (χ1) is 8.19. The van der Waals surface area contributed by atoms with Crippen LogP contribution in [-0.4, -0.2) is 17.5 Å². The van der Waals surface area contributed by atoms with Gasteiger partial charge in [0.05, 0.1) is 12.2 Å². The first-order valence-electron chi connectivity index (χ1n) is 6.47. The predicted octanol–water partition coefficient (Wildman–Crippen LogP) is 4.43. The summed E-state index contributed by atoms with van der Waals surface area (Å²) in [5.41, 5.74) is 2.78. The molecule has 1 aliphatic rings. The lowest BCUT2D eigenvalue weighted by atomic mass is 9.93. The quantitative estimate of drug-likeness (QED) is 0.747. The Morgan fingerprint density at radius 3 is 2.82 bits per heavy atom. The average molecular weight is 297 g/mol. The SMILES string of the molecule is Cc1cccc(C(CBr)CC2CCC(C)O2)c1. The van der Waals surface area contributed by atoms with Crippen molar-refractivity contribution in [2.75, 3.05) is 5.33 Å². The van der Waals surface area contributed by atoms with E-state index in [1.165, 1.54) is 24.0 Å². The van der Waals surface area contributed by atoms with Crippen molar-refractivity contribution in [3.05, 3.63) is 35.4 Å². The second-order valence-electron chi connectivity index (χ2n) is 5.15.